The highest BCUT2D eigenvalue weighted by atomic mass is 16.6. The number of fused-ring (bicyclic) bond motifs is 4. The fraction of sp³-hybridized carbons (Fsp3) is 0.366. The first-order valence-electron chi connectivity index (χ1n) is 18.2. The average Bonchev–Trinajstić information content (AvgIpc) is 3.68. The highest BCUT2D eigenvalue weighted by molar-refractivity contribution is 6.06. The zero-order chi connectivity index (χ0) is 37.9. The minimum absolute atomic E-state index is 0.0529. The third-order valence-corrected chi connectivity index (χ3v) is 9.99. The van der Waals surface area contributed by atoms with Crippen LogP contribution in [0.4, 0.5) is 21.9 Å². The number of carbonyl (C=O) groups is 3. The van der Waals surface area contributed by atoms with Gasteiger partial charge in [-0.15, -0.1) is 0 Å². The van der Waals surface area contributed by atoms with E-state index >= 15 is 0 Å². The number of aliphatic imine (C=N–C) groups is 1. The molecule has 3 aromatic rings. The number of carbonyl (C=O) groups excluding carboxylic acids is 3. The molecule has 0 radical (unpaired) electrons. The number of nitrogen functional groups attached to an aromatic ring is 1. The molecule has 4 aliphatic rings. The molecule has 2 atom stereocenters. The predicted molar refractivity (Wildman–Crippen MR) is 204 cm³/mol. The molecule has 3 amide bonds. The Kier molecular flexibility index (Phi) is 10.5. The molecule has 13 heteroatoms. The zero-order valence-electron chi connectivity index (χ0n) is 31.0. The molecule has 1 unspecified atom stereocenters. The van der Waals surface area contributed by atoms with E-state index in [0.717, 1.165) is 36.0 Å². The lowest BCUT2D eigenvalue weighted by atomic mass is 10.1. The normalized spacial score (nSPS) is 18.5. The van der Waals surface area contributed by atoms with Crippen molar-refractivity contribution >= 4 is 41.2 Å². The third-order valence-electron chi connectivity index (χ3n) is 9.99. The highest BCUT2D eigenvalue weighted by Crippen LogP contribution is 2.41. The standard InChI is InChI=1S/C41H45N5O8/c1-25-14-29-20-43-33-18-37(35(50-3)16-31(33)39(47)44(29)21-25)52-12-6-5-7-13-53-38-19-34-32(17-36(38)51-4)40(48)45-22-26(2)15-30(45)23-46(34)41(49)54-24-27-8-10-28(42)11-9-27/h8-11,16-22,29-30H,5-7,12-15,23-24,42H2,1-4H3/t29-,30?/m0/s1. The van der Waals surface area contributed by atoms with Crippen molar-refractivity contribution in [3.63, 3.8) is 0 Å². The van der Waals surface area contributed by atoms with Crippen LogP contribution in [0.1, 0.15) is 72.2 Å². The summed E-state index contributed by atoms with van der Waals surface area (Å²) in [6, 6.07) is 13.6. The van der Waals surface area contributed by atoms with Gasteiger partial charge in [0.05, 0.1) is 68.6 Å². The Hall–Kier alpha value is -5.98. The molecule has 0 spiro atoms. The second kappa shape index (κ2) is 15.6. The molecule has 13 nitrogen and oxygen atoms in total. The van der Waals surface area contributed by atoms with E-state index in [1.54, 1.807) is 53.3 Å². The van der Waals surface area contributed by atoms with Gasteiger partial charge >= 0.3 is 6.09 Å². The summed E-state index contributed by atoms with van der Waals surface area (Å²) >= 11 is 0. The summed E-state index contributed by atoms with van der Waals surface area (Å²) in [5.41, 5.74) is 11.2. The largest absolute Gasteiger partial charge is 0.493 e. The Balaban J connectivity index is 0.986. The number of nitrogens with zero attached hydrogens (tertiary/aromatic N) is 4. The number of ether oxygens (including phenoxy) is 5. The Morgan fingerprint density at radius 3 is 2.13 bits per heavy atom. The van der Waals surface area contributed by atoms with Crippen molar-refractivity contribution in [2.45, 2.75) is 64.6 Å². The molecule has 0 saturated carbocycles. The van der Waals surface area contributed by atoms with Gasteiger partial charge in [0.1, 0.15) is 6.61 Å². The third kappa shape index (κ3) is 7.43. The maximum absolute atomic E-state index is 13.8. The molecule has 0 aliphatic carbocycles. The van der Waals surface area contributed by atoms with Gasteiger partial charge in [0.2, 0.25) is 0 Å². The van der Waals surface area contributed by atoms with Crippen molar-refractivity contribution in [1.29, 1.82) is 0 Å². The lowest BCUT2D eigenvalue weighted by molar-refractivity contribution is 0.0791. The number of nitrogens with two attached hydrogens (primary N) is 1. The van der Waals surface area contributed by atoms with E-state index in [1.165, 1.54) is 12.0 Å². The average molecular weight is 736 g/mol. The molecule has 0 aromatic heterocycles. The van der Waals surface area contributed by atoms with Gasteiger partial charge in [0.15, 0.2) is 23.0 Å². The summed E-state index contributed by atoms with van der Waals surface area (Å²) < 4.78 is 29.3. The maximum atomic E-state index is 13.8. The number of rotatable bonds is 12. The second-order valence-corrected chi connectivity index (χ2v) is 14.0. The topological polar surface area (TPSA) is 145 Å². The van der Waals surface area contributed by atoms with Gasteiger partial charge in [-0.2, -0.15) is 0 Å². The van der Waals surface area contributed by atoms with Crippen LogP contribution < -0.4 is 29.6 Å². The van der Waals surface area contributed by atoms with Gasteiger partial charge < -0.3 is 39.2 Å². The smallest absolute Gasteiger partial charge is 0.414 e. The molecule has 0 fully saturated rings. The zero-order valence-corrected chi connectivity index (χ0v) is 31.0. The number of hydrogen-bond donors (Lipinski definition) is 1. The fourth-order valence-electron chi connectivity index (χ4n) is 7.21. The van der Waals surface area contributed by atoms with Crippen molar-refractivity contribution in [3.05, 3.63) is 88.8 Å². The number of hydrogen-bond acceptors (Lipinski definition) is 10. The molecular formula is C41H45N5O8. The van der Waals surface area contributed by atoms with Crippen LogP contribution in [0.5, 0.6) is 23.0 Å². The van der Waals surface area contributed by atoms with Crippen molar-refractivity contribution in [2.24, 2.45) is 4.99 Å². The van der Waals surface area contributed by atoms with E-state index in [2.05, 4.69) is 4.99 Å². The molecule has 4 aliphatic heterocycles. The van der Waals surface area contributed by atoms with Crippen LogP contribution in [-0.2, 0) is 11.3 Å². The van der Waals surface area contributed by atoms with E-state index in [-0.39, 0.29) is 37.0 Å². The minimum Gasteiger partial charge on any atom is -0.493 e. The lowest BCUT2D eigenvalue weighted by Crippen LogP contribution is -2.41. The van der Waals surface area contributed by atoms with E-state index in [0.29, 0.717) is 77.2 Å². The van der Waals surface area contributed by atoms with E-state index < -0.39 is 6.09 Å². The summed E-state index contributed by atoms with van der Waals surface area (Å²) in [6.07, 6.45) is 8.63. The van der Waals surface area contributed by atoms with Crippen LogP contribution in [0.3, 0.4) is 0 Å². The maximum Gasteiger partial charge on any atom is 0.414 e. The van der Waals surface area contributed by atoms with Crippen LogP contribution >= 0.6 is 0 Å². The molecule has 2 N–H and O–H groups in total. The first-order chi connectivity index (χ1) is 26.1. The number of unbranched alkanes of at least 4 members (excludes halogenated alkanes) is 2. The molecule has 3 aromatic carbocycles. The molecule has 0 bridgehead atoms. The number of benzene rings is 3. The van der Waals surface area contributed by atoms with Crippen molar-refractivity contribution in [2.75, 3.05) is 44.6 Å². The monoisotopic (exact) mass is 735 g/mol. The number of amides is 3. The first kappa shape index (κ1) is 36.4. The van der Waals surface area contributed by atoms with Gasteiger partial charge in [0, 0.05) is 36.4 Å². The van der Waals surface area contributed by atoms with Crippen molar-refractivity contribution < 1.29 is 38.1 Å². The molecule has 0 saturated heterocycles. The van der Waals surface area contributed by atoms with Crippen molar-refractivity contribution in [1.82, 2.24) is 9.80 Å². The van der Waals surface area contributed by atoms with E-state index in [9.17, 15) is 14.4 Å². The van der Waals surface area contributed by atoms with E-state index in [4.69, 9.17) is 29.4 Å². The Labute approximate surface area is 314 Å². The SMILES string of the molecule is COc1cc2c(cc1OCCCCCOc1cc3c(cc1OC)C(=O)N1C=C(C)CC1CN3C(=O)OCc1ccc(N)cc1)N=C[C@@H]1CC(C)=CN1C2=O. The first-order valence-corrected chi connectivity index (χ1v) is 18.2. The highest BCUT2D eigenvalue weighted by Gasteiger charge is 2.39. The van der Waals surface area contributed by atoms with Gasteiger partial charge in [-0.3, -0.25) is 19.5 Å². The predicted octanol–water partition coefficient (Wildman–Crippen LogP) is 7.02. The Morgan fingerprint density at radius 2 is 1.43 bits per heavy atom. The minimum atomic E-state index is -0.569. The molecule has 54 heavy (non-hydrogen) atoms. The molecular weight excluding hydrogens is 690 g/mol. The summed E-state index contributed by atoms with van der Waals surface area (Å²) in [6.45, 7) is 5.08. The molecule has 282 valence electrons. The van der Waals surface area contributed by atoms with Crippen LogP contribution in [-0.4, -0.2) is 80.0 Å². The fourth-order valence-corrected chi connectivity index (χ4v) is 7.21. The van der Waals surface area contributed by atoms with Crippen LogP contribution in [0.2, 0.25) is 0 Å². The summed E-state index contributed by atoms with van der Waals surface area (Å²) in [5.74, 6) is 1.48. The molecule has 7 rings (SSSR count). The van der Waals surface area contributed by atoms with Gasteiger partial charge in [0.25, 0.3) is 11.8 Å². The Morgan fingerprint density at radius 1 is 0.796 bits per heavy atom. The van der Waals surface area contributed by atoms with E-state index in [1.807, 2.05) is 44.6 Å². The number of anilines is 2. The Bertz CT molecular complexity index is 2040. The summed E-state index contributed by atoms with van der Waals surface area (Å²) in [4.78, 5) is 50.3. The summed E-state index contributed by atoms with van der Waals surface area (Å²) in [5, 5.41) is 0. The van der Waals surface area contributed by atoms with Gasteiger partial charge in [-0.05, 0) is 75.8 Å². The van der Waals surface area contributed by atoms with Crippen LogP contribution in [0, 0.1) is 0 Å². The lowest BCUT2D eigenvalue weighted by Gasteiger charge is -2.26. The number of methoxy groups -OCH3 is 2. The van der Waals surface area contributed by atoms with Gasteiger partial charge in [-0.25, -0.2) is 4.79 Å². The molecule has 4 heterocycles. The van der Waals surface area contributed by atoms with Crippen LogP contribution in [0.25, 0.3) is 0 Å². The van der Waals surface area contributed by atoms with Gasteiger partial charge in [-0.1, -0.05) is 23.3 Å². The second-order valence-electron chi connectivity index (χ2n) is 14.0. The van der Waals surface area contributed by atoms with Crippen molar-refractivity contribution in [3.8, 4) is 23.0 Å². The quantitative estimate of drug-likeness (QED) is 0.153. The van der Waals surface area contributed by atoms with Crippen LogP contribution in [0.15, 0.2) is 77.1 Å². The summed E-state index contributed by atoms with van der Waals surface area (Å²) in [7, 11) is 3.07.